The first-order chi connectivity index (χ1) is 10.1. The maximum absolute atomic E-state index is 12.3. The second kappa shape index (κ2) is 5.60. The molecule has 2 aromatic rings. The Morgan fingerprint density at radius 1 is 1.14 bits per heavy atom. The number of hydrogen-bond donors (Lipinski definition) is 3. The number of fused-ring (bicyclic) bond motifs is 1. The molecule has 0 bridgehead atoms. The topological polar surface area (TPSA) is 82.2 Å². The van der Waals surface area contributed by atoms with Crippen molar-refractivity contribution in [2.75, 3.05) is 0 Å². The van der Waals surface area contributed by atoms with Crippen molar-refractivity contribution in [3.63, 3.8) is 0 Å². The fraction of sp³-hybridized carbons (Fsp3) is 0.375. The summed E-state index contributed by atoms with van der Waals surface area (Å²) in [7, 11) is 0. The predicted molar refractivity (Wildman–Crippen MR) is 79.1 cm³/mol. The molecule has 1 aliphatic carbocycles. The van der Waals surface area contributed by atoms with E-state index in [0.717, 1.165) is 23.7 Å². The Labute approximate surface area is 122 Å². The van der Waals surface area contributed by atoms with Gasteiger partial charge < -0.3 is 15.4 Å². The van der Waals surface area contributed by atoms with Crippen LogP contribution < -0.4 is 5.32 Å². The molecule has 1 saturated carbocycles. The molecule has 1 aromatic carbocycles. The maximum atomic E-state index is 12.3. The number of aliphatic carboxylic acids is 1. The van der Waals surface area contributed by atoms with E-state index < -0.39 is 5.97 Å². The van der Waals surface area contributed by atoms with Gasteiger partial charge in [0.2, 0.25) is 0 Å². The minimum Gasteiger partial charge on any atom is -0.481 e. The molecule has 3 N–H and O–H groups in total. The van der Waals surface area contributed by atoms with Gasteiger partial charge in [-0.05, 0) is 49.9 Å². The lowest BCUT2D eigenvalue weighted by Crippen LogP contribution is -2.38. The molecule has 0 radical (unpaired) electrons. The number of amides is 1. The van der Waals surface area contributed by atoms with Crippen molar-refractivity contribution in [3.8, 4) is 0 Å². The van der Waals surface area contributed by atoms with Gasteiger partial charge in [-0.3, -0.25) is 9.59 Å². The first-order valence-electron chi connectivity index (χ1n) is 7.24. The lowest BCUT2D eigenvalue weighted by atomic mass is 9.86. The molecule has 5 heteroatoms. The smallest absolute Gasteiger partial charge is 0.306 e. The van der Waals surface area contributed by atoms with Crippen LogP contribution in [0.25, 0.3) is 10.9 Å². The average molecular weight is 286 g/mol. The molecule has 1 aromatic heterocycles. The summed E-state index contributed by atoms with van der Waals surface area (Å²) in [6, 6.07) is 7.58. The summed E-state index contributed by atoms with van der Waals surface area (Å²) in [6.07, 6.45) is 4.58. The molecule has 0 aliphatic heterocycles. The number of hydrogen-bond acceptors (Lipinski definition) is 2. The van der Waals surface area contributed by atoms with E-state index in [0.29, 0.717) is 18.4 Å². The first kappa shape index (κ1) is 13.7. The molecule has 3 rings (SSSR count). The molecule has 0 saturated heterocycles. The van der Waals surface area contributed by atoms with Crippen molar-refractivity contribution in [2.45, 2.75) is 31.7 Å². The first-order valence-corrected chi connectivity index (χ1v) is 7.24. The molecule has 110 valence electrons. The highest BCUT2D eigenvalue weighted by atomic mass is 16.4. The SMILES string of the molecule is O=C(NC1CCC(C(=O)O)CC1)c1ccc2[nH]ccc2c1. The highest BCUT2D eigenvalue weighted by Gasteiger charge is 2.26. The molecule has 0 atom stereocenters. The van der Waals surface area contributed by atoms with Crippen molar-refractivity contribution in [1.29, 1.82) is 0 Å². The fourth-order valence-corrected chi connectivity index (χ4v) is 2.95. The van der Waals surface area contributed by atoms with Crippen LogP contribution in [0.4, 0.5) is 0 Å². The summed E-state index contributed by atoms with van der Waals surface area (Å²) in [4.78, 5) is 26.3. The number of H-pyrrole nitrogens is 1. The molecular weight excluding hydrogens is 268 g/mol. The molecule has 21 heavy (non-hydrogen) atoms. The van der Waals surface area contributed by atoms with Gasteiger partial charge in [0.25, 0.3) is 5.91 Å². The van der Waals surface area contributed by atoms with Crippen LogP contribution in [0.1, 0.15) is 36.0 Å². The lowest BCUT2D eigenvalue weighted by Gasteiger charge is -2.26. The van der Waals surface area contributed by atoms with Crippen molar-refractivity contribution in [2.24, 2.45) is 5.92 Å². The van der Waals surface area contributed by atoms with E-state index in [9.17, 15) is 9.59 Å². The lowest BCUT2D eigenvalue weighted by molar-refractivity contribution is -0.142. The monoisotopic (exact) mass is 286 g/mol. The van der Waals surface area contributed by atoms with Crippen molar-refractivity contribution < 1.29 is 14.7 Å². The second-order valence-corrected chi connectivity index (χ2v) is 5.64. The number of carboxylic acid groups (broad SMARTS) is 1. The summed E-state index contributed by atoms with van der Waals surface area (Å²) in [5.41, 5.74) is 1.65. The van der Waals surface area contributed by atoms with E-state index in [4.69, 9.17) is 5.11 Å². The van der Waals surface area contributed by atoms with E-state index in [1.807, 2.05) is 24.4 Å². The van der Waals surface area contributed by atoms with E-state index in [1.54, 1.807) is 6.07 Å². The van der Waals surface area contributed by atoms with E-state index in [-0.39, 0.29) is 17.9 Å². The highest BCUT2D eigenvalue weighted by molar-refractivity contribution is 5.98. The number of carbonyl (C=O) groups is 2. The summed E-state index contributed by atoms with van der Waals surface area (Å²) < 4.78 is 0. The minimum atomic E-state index is -0.724. The van der Waals surface area contributed by atoms with Gasteiger partial charge >= 0.3 is 5.97 Å². The maximum Gasteiger partial charge on any atom is 0.306 e. The van der Waals surface area contributed by atoms with Crippen LogP contribution in [-0.4, -0.2) is 28.0 Å². The third-order valence-corrected chi connectivity index (χ3v) is 4.23. The molecule has 5 nitrogen and oxygen atoms in total. The number of carbonyl (C=O) groups excluding carboxylic acids is 1. The Hall–Kier alpha value is -2.30. The predicted octanol–water partition coefficient (Wildman–Crippen LogP) is 2.54. The van der Waals surface area contributed by atoms with Crippen LogP contribution >= 0.6 is 0 Å². The summed E-state index contributed by atoms with van der Waals surface area (Å²) in [5, 5.41) is 13.0. The average Bonchev–Trinajstić information content (AvgIpc) is 2.95. The molecule has 0 unspecified atom stereocenters. The molecule has 1 amide bonds. The van der Waals surface area contributed by atoms with Gasteiger partial charge in [-0.1, -0.05) is 0 Å². The molecule has 1 aliphatic rings. The van der Waals surface area contributed by atoms with Crippen LogP contribution in [0.3, 0.4) is 0 Å². The van der Waals surface area contributed by atoms with Gasteiger partial charge in [0, 0.05) is 28.7 Å². The second-order valence-electron chi connectivity index (χ2n) is 5.64. The largest absolute Gasteiger partial charge is 0.481 e. The van der Waals surface area contributed by atoms with Gasteiger partial charge in [0.05, 0.1) is 5.92 Å². The van der Waals surface area contributed by atoms with Crippen LogP contribution in [0, 0.1) is 5.92 Å². The minimum absolute atomic E-state index is 0.0787. The molecular formula is C16H18N2O3. The molecule has 1 heterocycles. The number of benzene rings is 1. The standard InChI is InChI=1S/C16H18N2O3/c19-15(12-3-6-14-11(9-12)7-8-17-14)18-13-4-1-10(2-5-13)16(20)21/h3,6-10,13,17H,1-2,4-5H2,(H,18,19)(H,20,21). The third kappa shape index (κ3) is 2.91. The highest BCUT2D eigenvalue weighted by Crippen LogP contribution is 2.24. The van der Waals surface area contributed by atoms with E-state index in [2.05, 4.69) is 10.3 Å². The quantitative estimate of drug-likeness (QED) is 0.811. The number of nitrogens with one attached hydrogen (secondary N) is 2. The Bertz CT molecular complexity index is 669. The van der Waals surface area contributed by atoms with Crippen LogP contribution in [0.5, 0.6) is 0 Å². The zero-order chi connectivity index (χ0) is 14.8. The van der Waals surface area contributed by atoms with Crippen molar-refractivity contribution in [1.82, 2.24) is 10.3 Å². The Kier molecular flexibility index (Phi) is 3.64. The summed E-state index contributed by atoms with van der Waals surface area (Å²) in [6.45, 7) is 0. The van der Waals surface area contributed by atoms with Crippen LogP contribution in [0.2, 0.25) is 0 Å². The zero-order valence-electron chi connectivity index (χ0n) is 11.6. The van der Waals surface area contributed by atoms with Gasteiger partial charge in [-0.2, -0.15) is 0 Å². The Morgan fingerprint density at radius 2 is 1.90 bits per heavy atom. The van der Waals surface area contributed by atoms with Crippen molar-refractivity contribution >= 4 is 22.8 Å². The third-order valence-electron chi connectivity index (χ3n) is 4.23. The fourth-order valence-electron chi connectivity index (χ4n) is 2.95. The van der Waals surface area contributed by atoms with Gasteiger partial charge in [0.15, 0.2) is 0 Å². The summed E-state index contributed by atoms with van der Waals surface area (Å²) in [5.74, 6) is -1.07. The zero-order valence-corrected chi connectivity index (χ0v) is 11.6. The number of rotatable bonds is 3. The van der Waals surface area contributed by atoms with E-state index in [1.165, 1.54) is 0 Å². The van der Waals surface area contributed by atoms with Gasteiger partial charge in [0.1, 0.15) is 0 Å². The normalized spacial score (nSPS) is 22.1. The number of aromatic amines is 1. The van der Waals surface area contributed by atoms with Crippen molar-refractivity contribution in [3.05, 3.63) is 36.0 Å². The molecule has 0 spiro atoms. The Balaban J connectivity index is 1.62. The summed E-state index contributed by atoms with van der Waals surface area (Å²) >= 11 is 0. The van der Waals surface area contributed by atoms with E-state index >= 15 is 0 Å². The Morgan fingerprint density at radius 3 is 2.62 bits per heavy atom. The van der Waals surface area contributed by atoms with Gasteiger partial charge in [-0.25, -0.2) is 0 Å². The molecule has 1 fully saturated rings. The number of carboxylic acids is 1. The van der Waals surface area contributed by atoms with Crippen LogP contribution in [0.15, 0.2) is 30.5 Å². The van der Waals surface area contributed by atoms with Crippen LogP contribution in [-0.2, 0) is 4.79 Å². The van der Waals surface area contributed by atoms with Gasteiger partial charge in [-0.15, -0.1) is 0 Å². The number of aromatic nitrogens is 1.